The van der Waals surface area contributed by atoms with E-state index in [1.807, 2.05) is 36.4 Å². The monoisotopic (exact) mass is 428 g/mol. The number of aryl methyl sites for hydroxylation is 3. The third-order valence-electron chi connectivity index (χ3n) is 5.85. The Balaban J connectivity index is 1.60. The number of hydrogen-bond donors (Lipinski definition) is 2. The van der Waals surface area contributed by atoms with Gasteiger partial charge in [0.05, 0.1) is 6.21 Å². The van der Waals surface area contributed by atoms with Crippen LogP contribution in [0.25, 0.3) is 0 Å². The maximum atomic E-state index is 12.9. The molecule has 0 saturated heterocycles. The van der Waals surface area contributed by atoms with Crippen LogP contribution in [0.2, 0.25) is 0 Å². The van der Waals surface area contributed by atoms with Gasteiger partial charge in [-0.3, -0.25) is 9.78 Å². The fraction of sp³-hybridized carbons (Fsp3) is 0.269. The molecule has 1 aliphatic heterocycles. The van der Waals surface area contributed by atoms with Gasteiger partial charge in [-0.1, -0.05) is 58.7 Å². The van der Waals surface area contributed by atoms with Crippen molar-refractivity contribution in [1.82, 2.24) is 10.3 Å². The molecule has 2 atom stereocenters. The molecule has 1 amide bonds. The molecule has 0 radical (unpaired) electrons. The van der Waals surface area contributed by atoms with Gasteiger partial charge < -0.3 is 15.9 Å². The molecule has 3 aromatic rings. The van der Waals surface area contributed by atoms with Crippen LogP contribution in [0.4, 0.5) is 0 Å². The molecule has 2 unspecified atom stereocenters. The molecule has 0 saturated carbocycles. The number of nitrogens with one attached hydrogen (secondary N) is 1. The zero-order valence-electron chi connectivity index (χ0n) is 18.4. The summed E-state index contributed by atoms with van der Waals surface area (Å²) in [6.07, 6.45) is 5.58. The summed E-state index contributed by atoms with van der Waals surface area (Å²) < 4.78 is 0. The maximum absolute atomic E-state index is 12.9. The second kappa shape index (κ2) is 9.32. The van der Waals surface area contributed by atoms with Crippen LogP contribution in [0.15, 0.2) is 72.1 Å². The summed E-state index contributed by atoms with van der Waals surface area (Å²) in [5.74, 6) is -0.0959. The Kier molecular flexibility index (Phi) is 6.32. The van der Waals surface area contributed by atoms with Gasteiger partial charge in [0.15, 0.2) is 0 Å². The van der Waals surface area contributed by atoms with Crippen LogP contribution in [-0.4, -0.2) is 23.3 Å². The van der Waals surface area contributed by atoms with Crippen molar-refractivity contribution < 1.29 is 9.63 Å². The number of nitrogens with two attached hydrogens (primary N) is 1. The second-order valence-corrected chi connectivity index (χ2v) is 8.29. The Morgan fingerprint density at radius 1 is 1.03 bits per heavy atom. The van der Waals surface area contributed by atoms with Gasteiger partial charge >= 0.3 is 0 Å². The maximum Gasteiger partial charge on any atom is 0.223 e. The topological polar surface area (TPSA) is 89.6 Å². The van der Waals surface area contributed by atoms with Gasteiger partial charge in [-0.2, -0.15) is 0 Å². The Hall–Kier alpha value is -3.51. The van der Waals surface area contributed by atoms with E-state index in [1.165, 1.54) is 0 Å². The van der Waals surface area contributed by atoms with Crippen LogP contribution in [0.1, 0.15) is 39.8 Å². The van der Waals surface area contributed by atoms with Crippen molar-refractivity contribution in [3.05, 3.63) is 100 Å². The number of oxime groups is 1. The van der Waals surface area contributed by atoms with Crippen LogP contribution in [0, 0.1) is 13.8 Å². The third-order valence-corrected chi connectivity index (χ3v) is 5.85. The number of carbonyl (C=O) groups is 1. The van der Waals surface area contributed by atoms with E-state index >= 15 is 0 Å². The van der Waals surface area contributed by atoms with Crippen LogP contribution in [-0.2, 0) is 28.0 Å². The van der Waals surface area contributed by atoms with Crippen molar-refractivity contribution in [3.8, 4) is 0 Å². The minimum Gasteiger partial charge on any atom is -0.369 e. The first-order valence-electron chi connectivity index (χ1n) is 10.8. The molecule has 32 heavy (non-hydrogen) atoms. The highest BCUT2D eigenvalue weighted by molar-refractivity contribution is 5.84. The number of carbonyl (C=O) groups excluding carboxylic acids is 1. The molecular formula is C26H28N4O2. The number of rotatable bonds is 7. The minimum atomic E-state index is -0.741. The van der Waals surface area contributed by atoms with Gasteiger partial charge in [0.25, 0.3) is 0 Å². The molecule has 0 bridgehead atoms. The molecule has 0 aliphatic carbocycles. The number of pyridine rings is 1. The molecule has 2 aromatic carbocycles. The highest BCUT2D eigenvalue weighted by Crippen LogP contribution is 2.38. The lowest BCUT2D eigenvalue weighted by Gasteiger charge is -2.33. The standard InChI is InChI=1S/C26H28N4O2/c1-18-12-19(2)14-23(13-18)26(22-8-10-28-11-9-22)17-29-32-25(26)30-24(31)7-6-20-4-3-5-21(15-20)16-27/h3-5,8-15,17,25H,6-7,16,27H2,1-2H3,(H,30,31). The van der Waals surface area contributed by atoms with E-state index in [-0.39, 0.29) is 5.91 Å². The number of nitrogens with zero attached hydrogens (tertiary/aromatic N) is 2. The molecule has 2 heterocycles. The first-order chi connectivity index (χ1) is 15.5. The molecule has 0 fully saturated rings. The Morgan fingerprint density at radius 3 is 2.47 bits per heavy atom. The van der Waals surface area contributed by atoms with E-state index in [0.717, 1.165) is 33.4 Å². The van der Waals surface area contributed by atoms with Crippen LogP contribution in [0.3, 0.4) is 0 Å². The zero-order valence-corrected chi connectivity index (χ0v) is 18.4. The van der Waals surface area contributed by atoms with Crippen LogP contribution < -0.4 is 11.1 Å². The third kappa shape index (κ3) is 4.41. The summed E-state index contributed by atoms with van der Waals surface area (Å²) >= 11 is 0. The lowest BCUT2D eigenvalue weighted by atomic mass is 9.73. The summed E-state index contributed by atoms with van der Waals surface area (Å²) in [5.41, 5.74) is 11.4. The SMILES string of the molecule is Cc1cc(C)cc(C2(c3ccncc3)C=NOC2NC(=O)CCc2cccc(CN)c2)c1. The average Bonchev–Trinajstić information content (AvgIpc) is 3.22. The molecule has 6 nitrogen and oxygen atoms in total. The number of benzene rings is 2. The molecule has 0 spiro atoms. The van der Waals surface area contributed by atoms with Gasteiger partial charge in [-0.25, -0.2) is 0 Å². The summed E-state index contributed by atoms with van der Waals surface area (Å²) in [5, 5.41) is 7.22. The van der Waals surface area contributed by atoms with Crippen LogP contribution in [0.5, 0.6) is 0 Å². The van der Waals surface area contributed by atoms with E-state index in [0.29, 0.717) is 19.4 Å². The zero-order chi connectivity index (χ0) is 22.6. The van der Waals surface area contributed by atoms with E-state index in [1.54, 1.807) is 18.6 Å². The molecule has 6 heteroatoms. The predicted octanol–water partition coefficient (Wildman–Crippen LogP) is 3.53. The lowest BCUT2D eigenvalue weighted by Crippen LogP contribution is -2.50. The van der Waals surface area contributed by atoms with E-state index in [4.69, 9.17) is 10.6 Å². The molecule has 4 rings (SSSR count). The number of aromatic nitrogens is 1. The van der Waals surface area contributed by atoms with E-state index < -0.39 is 11.6 Å². The second-order valence-electron chi connectivity index (χ2n) is 8.29. The molecule has 3 N–H and O–H groups in total. The molecule has 1 aromatic heterocycles. The van der Waals surface area contributed by atoms with Crippen molar-refractivity contribution >= 4 is 12.1 Å². The Bertz CT molecular complexity index is 1110. The van der Waals surface area contributed by atoms with Crippen LogP contribution >= 0.6 is 0 Å². The normalized spacial score (nSPS) is 19.5. The van der Waals surface area contributed by atoms with Gasteiger partial charge in [0.1, 0.15) is 5.41 Å². The quantitative estimate of drug-likeness (QED) is 0.602. The fourth-order valence-corrected chi connectivity index (χ4v) is 4.31. The minimum absolute atomic E-state index is 0.0959. The predicted molar refractivity (Wildman–Crippen MR) is 125 cm³/mol. The highest BCUT2D eigenvalue weighted by atomic mass is 16.7. The summed E-state index contributed by atoms with van der Waals surface area (Å²) in [6, 6.07) is 18.2. The van der Waals surface area contributed by atoms with Gasteiger partial charge in [-0.05, 0) is 54.7 Å². The fourth-order valence-electron chi connectivity index (χ4n) is 4.31. The van der Waals surface area contributed by atoms with Gasteiger partial charge in [0, 0.05) is 25.4 Å². The first-order valence-corrected chi connectivity index (χ1v) is 10.8. The van der Waals surface area contributed by atoms with Crippen molar-refractivity contribution in [2.45, 2.75) is 44.9 Å². The van der Waals surface area contributed by atoms with Crippen molar-refractivity contribution in [1.29, 1.82) is 0 Å². The highest BCUT2D eigenvalue weighted by Gasteiger charge is 2.47. The van der Waals surface area contributed by atoms with Crippen molar-refractivity contribution in [2.24, 2.45) is 10.9 Å². The average molecular weight is 429 g/mol. The van der Waals surface area contributed by atoms with E-state index in [2.05, 4.69) is 47.5 Å². The van der Waals surface area contributed by atoms with Crippen molar-refractivity contribution in [3.63, 3.8) is 0 Å². The van der Waals surface area contributed by atoms with Gasteiger partial charge in [0.2, 0.25) is 12.1 Å². The number of amides is 1. The molecule has 1 aliphatic rings. The smallest absolute Gasteiger partial charge is 0.223 e. The summed E-state index contributed by atoms with van der Waals surface area (Å²) in [4.78, 5) is 22.8. The Labute approximate surface area is 188 Å². The molecule has 164 valence electrons. The first kappa shape index (κ1) is 21.7. The lowest BCUT2D eigenvalue weighted by molar-refractivity contribution is -0.125. The Morgan fingerprint density at radius 2 is 1.75 bits per heavy atom. The summed E-state index contributed by atoms with van der Waals surface area (Å²) in [7, 11) is 0. The van der Waals surface area contributed by atoms with Gasteiger partial charge in [-0.15, -0.1) is 0 Å². The van der Waals surface area contributed by atoms with E-state index in [9.17, 15) is 4.79 Å². The molecular weight excluding hydrogens is 400 g/mol. The van der Waals surface area contributed by atoms with Crippen molar-refractivity contribution in [2.75, 3.05) is 0 Å². The number of hydrogen-bond acceptors (Lipinski definition) is 5. The summed E-state index contributed by atoms with van der Waals surface area (Å²) in [6.45, 7) is 4.61. The largest absolute Gasteiger partial charge is 0.369 e.